The summed E-state index contributed by atoms with van der Waals surface area (Å²) in [5.41, 5.74) is 0. The van der Waals surface area contributed by atoms with E-state index in [4.69, 9.17) is 0 Å². The summed E-state index contributed by atoms with van der Waals surface area (Å²) in [5.74, 6) is 1.51. The van der Waals surface area contributed by atoms with Crippen LogP contribution >= 0.6 is 0 Å². The van der Waals surface area contributed by atoms with Crippen LogP contribution in [-0.2, 0) is 4.79 Å². The highest BCUT2D eigenvalue weighted by Crippen LogP contribution is 2.34. The van der Waals surface area contributed by atoms with Crippen LogP contribution in [0.1, 0.15) is 66.2 Å². The Hall–Kier alpha value is -0.570. The van der Waals surface area contributed by atoms with Crippen molar-refractivity contribution < 1.29 is 4.79 Å². The Morgan fingerprint density at radius 3 is 2.42 bits per heavy atom. The van der Waals surface area contributed by atoms with Gasteiger partial charge in [-0.15, -0.1) is 0 Å². The van der Waals surface area contributed by atoms with Crippen LogP contribution in [0, 0.1) is 11.8 Å². The van der Waals surface area contributed by atoms with Crippen LogP contribution in [0.4, 0.5) is 0 Å². The van der Waals surface area contributed by atoms with Gasteiger partial charge >= 0.3 is 0 Å². The lowest BCUT2D eigenvalue weighted by Gasteiger charge is -2.40. The maximum atomic E-state index is 12.5. The number of carbonyl (C=O) groups is 1. The molecule has 2 fully saturated rings. The van der Waals surface area contributed by atoms with E-state index >= 15 is 0 Å². The van der Waals surface area contributed by atoms with Crippen molar-refractivity contribution in [1.29, 1.82) is 0 Å². The number of rotatable bonds is 4. The van der Waals surface area contributed by atoms with E-state index in [1.54, 1.807) is 0 Å². The Bertz CT molecular complexity index is 310. The molecule has 1 heterocycles. The topological polar surface area (TPSA) is 32.3 Å². The molecule has 1 saturated carbocycles. The van der Waals surface area contributed by atoms with E-state index < -0.39 is 0 Å². The second kappa shape index (κ2) is 6.25. The predicted octanol–water partition coefficient (Wildman–Crippen LogP) is 3.15. The second-order valence-electron chi connectivity index (χ2n) is 6.70. The molecule has 3 unspecified atom stereocenters. The highest BCUT2D eigenvalue weighted by atomic mass is 16.2. The zero-order chi connectivity index (χ0) is 14.0. The monoisotopic (exact) mass is 266 g/mol. The Morgan fingerprint density at radius 1 is 1.26 bits per heavy atom. The Kier molecular flexibility index (Phi) is 4.88. The molecule has 2 aliphatic rings. The van der Waals surface area contributed by atoms with Crippen molar-refractivity contribution in [1.82, 2.24) is 10.2 Å². The van der Waals surface area contributed by atoms with E-state index in [9.17, 15) is 4.79 Å². The van der Waals surface area contributed by atoms with E-state index in [2.05, 4.69) is 31.0 Å². The maximum Gasteiger partial charge on any atom is 0.240 e. The molecule has 110 valence electrons. The van der Waals surface area contributed by atoms with Crippen molar-refractivity contribution in [2.75, 3.05) is 0 Å². The fourth-order valence-electron chi connectivity index (χ4n) is 3.93. The van der Waals surface area contributed by atoms with E-state index in [0.29, 0.717) is 17.9 Å². The van der Waals surface area contributed by atoms with Crippen molar-refractivity contribution in [3.63, 3.8) is 0 Å². The summed E-state index contributed by atoms with van der Waals surface area (Å²) in [6.07, 6.45) is 8.01. The quantitative estimate of drug-likeness (QED) is 0.848. The molecule has 1 saturated heterocycles. The summed E-state index contributed by atoms with van der Waals surface area (Å²) < 4.78 is 0. The normalized spacial score (nSPS) is 31.2. The minimum absolute atomic E-state index is 0.00922. The van der Waals surface area contributed by atoms with Crippen LogP contribution in [0.3, 0.4) is 0 Å². The molecule has 0 radical (unpaired) electrons. The molecule has 3 heteroatoms. The van der Waals surface area contributed by atoms with E-state index in [1.807, 2.05) is 6.92 Å². The highest BCUT2D eigenvalue weighted by molar-refractivity contribution is 5.84. The fraction of sp³-hybridized carbons (Fsp3) is 0.938. The van der Waals surface area contributed by atoms with Crippen LogP contribution < -0.4 is 5.32 Å². The molecule has 0 aromatic carbocycles. The predicted molar refractivity (Wildman–Crippen MR) is 78.7 cm³/mol. The molecular formula is C16H30N2O. The third kappa shape index (κ3) is 2.96. The van der Waals surface area contributed by atoms with E-state index in [1.165, 1.54) is 32.1 Å². The van der Waals surface area contributed by atoms with Gasteiger partial charge in [0.25, 0.3) is 0 Å². The SMILES string of the molecule is CCC(C1CCCCC1)N1C(=O)C(C)NC1C(C)C. The van der Waals surface area contributed by atoms with Gasteiger partial charge in [-0.1, -0.05) is 40.0 Å². The van der Waals surface area contributed by atoms with Crippen molar-refractivity contribution in [3.05, 3.63) is 0 Å². The number of nitrogens with zero attached hydrogens (tertiary/aromatic N) is 1. The Balaban J connectivity index is 2.16. The van der Waals surface area contributed by atoms with Crippen molar-refractivity contribution in [3.8, 4) is 0 Å². The van der Waals surface area contributed by atoms with Gasteiger partial charge < -0.3 is 4.90 Å². The zero-order valence-corrected chi connectivity index (χ0v) is 13.0. The van der Waals surface area contributed by atoms with Gasteiger partial charge in [0.2, 0.25) is 5.91 Å². The minimum Gasteiger partial charge on any atom is -0.322 e. The average molecular weight is 266 g/mol. The lowest BCUT2D eigenvalue weighted by molar-refractivity contribution is -0.134. The van der Waals surface area contributed by atoms with Crippen LogP contribution in [-0.4, -0.2) is 29.1 Å². The van der Waals surface area contributed by atoms with Crippen LogP contribution in [0.2, 0.25) is 0 Å². The highest BCUT2D eigenvalue weighted by Gasteiger charge is 2.43. The molecule has 3 nitrogen and oxygen atoms in total. The molecule has 0 aromatic rings. The molecular weight excluding hydrogens is 236 g/mol. The summed E-state index contributed by atoms with van der Waals surface area (Å²) in [6, 6.07) is 0.433. The van der Waals surface area contributed by atoms with Gasteiger partial charge in [0.15, 0.2) is 0 Å². The fourth-order valence-corrected chi connectivity index (χ4v) is 3.93. The first-order valence-electron chi connectivity index (χ1n) is 8.14. The van der Waals surface area contributed by atoms with Crippen LogP contribution in [0.5, 0.6) is 0 Å². The van der Waals surface area contributed by atoms with Gasteiger partial charge in [-0.2, -0.15) is 0 Å². The van der Waals surface area contributed by atoms with Gasteiger partial charge in [-0.05, 0) is 38.0 Å². The molecule has 19 heavy (non-hydrogen) atoms. The molecule has 1 amide bonds. The first-order chi connectivity index (χ1) is 9.06. The molecule has 2 rings (SSSR count). The minimum atomic E-state index is -0.00922. The molecule has 0 spiro atoms. The molecule has 1 N–H and O–H groups in total. The number of hydrogen-bond acceptors (Lipinski definition) is 2. The summed E-state index contributed by atoms with van der Waals surface area (Å²) in [6.45, 7) is 8.67. The average Bonchev–Trinajstić information content (AvgIpc) is 2.70. The largest absolute Gasteiger partial charge is 0.322 e. The van der Waals surface area contributed by atoms with Gasteiger partial charge in [0, 0.05) is 6.04 Å². The summed E-state index contributed by atoms with van der Waals surface area (Å²) in [4.78, 5) is 14.7. The number of nitrogens with one attached hydrogen (secondary N) is 1. The standard InChI is InChI=1S/C16H30N2O/c1-5-14(13-9-7-6-8-10-13)18-15(11(2)3)17-12(4)16(18)19/h11-15,17H,5-10H2,1-4H3. The molecule has 1 aliphatic carbocycles. The lowest BCUT2D eigenvalue weighted by Crippen LogP contribution is -2.50. The first kappa shape index (κ1) is 14.8. The Labute approximate surface area is 118 Å². The molecule has 0 bridgehead atoms. The van der Waals surface area contributed by atoms with Gasteiger partial charge in [0.1, 0.15) is 0 Å². The molecule has 3 atom stereocenters. The first-order valence-corrected chi connectivity index (χ1v) is 8.14. The third-order valence-electron chi connectivity index (χ3n) is 4.95. The molecule has 0 aromatic heterocycles. The summed E-state index contributed by atoms with van der Waals surface area (Å²) >= 11 is 0. The molecule has 1 aliphatic heterocycles. The number of amides is 1. The zero-order valence-electron chi connectivity index (χ0n) is 13.0. The smallest absolute Gasteiger partial charge is 0.240 e. The van der Waals surface area contributed by atoms with Gasteiger partial charge in [0.05, 0.1) is 12.2 Å². The van der Waals surface area contributed by atoms with Gasteiger partial charge in [-0.25, -0.2) is 0 Å². The Morgan fingerprint density at radius 2 is 1.89 bits per heavy atom. The lowest BCUT2D eigenvalue weighted by atomic mass is 9.81. The van der Waals surface area contributed by atoms with Crippen LogP contribution in [0.15, 0.2) is 0 Å². The van der Waals surface area contributed by atoms with Crippen molar-refractivity contribution >= 4 is 5.91 Å². The second-order valence-corrected chi connectivity index (χ2v) is 6.70. The summed E-state index contributed by atoms with van der Waals surface area (Å²) in [7, 11) is 0. The van der Waals surface area contributed by atoms with E-state index in [-0.39, 0.29) is 12.2 Å². The van der Waals surface area contributed by atoms with Crippen LogP contribution in [0.25, 0.3) is 0 Å². The van der Waals surface area contributed by atoms with Gasteiger partial charge in [-0.3, -0.25) is 10.1 Å². The number of carbonyl (C=O) groups excluding carboxylic acids is 1. The summed E-state index contributed by atoms with van der Waals surface area (Å²) in [5, 5.41) is 3.48. The third-order valence-corrected chi connectivity index (χ3v) is 4.95. The van der Waals surface area contributed by atoms with E-state index in [0.717, 1.165) is 12.3 Å². The van der Waals surface area contributed by atoms with Crippen molar-refractivity contribution in [2.24, 2.45) is 11.8 Å². The maximum absolute atomic E-state index is 12.5. The van der Waals surface area contributed by atoms with Crippen molar-refractivity contribution in [2.45, 2.75) is 84.5 Å². The number of hydrogen-bond donors (Lipinski definition) is 1.